The molecule has 3 aromatic rings. The number of benzene rings is 3. The predicted octanol–water partition coefficient (Wildman–Crippen LogP) is 4.71. The van der Waals surface area contributed by atoms with Gasteiger partial charge in [0.1, 0.15) is 17.4 Å². The minimum Gasteiger partial charge on any atom is -0.494 e. The lowest BCUT2D eigenvalue weighted by Gasteiger charge is -2.50. The molecule has 3 amide bonds. The monoisotopic (exact) mass is 505 g/mol. The van der Waals surface area contributed by atoms with Crippen LogP contribution in [0.15, 0.2) is 60.7 Å². The van der Waals surface area contributed by atoms with Crippen LogP contribution in [0.1, 0.15) is 44.8 Å². The molecule has 2 atom stereocenters. The zero-order valence-corrected chi connectivity index (χ0v) is 20.1. The summed E-state index contributed by atoms with van der Waals surface area (Å²) in [5.74, 6) is -1.46. The number of rotatable bonds is 6. The second kappa shape index (κ2) is 8.76. The minimum atomic E-state index is -1.19. The Kier molecular flexibility index (Phi) is 5.72. The van der Waals surface area contributed by atoms with Crippen LogP contribution in [-0.2, 0) is 4.79 Å². The fraction of sp³-hybridized carbons (Fsp3) is 0.192. The second-order valence-electron chi connectivity index (χ2n) is 8.47. The number of hydrogen-bond donors (Lipinski definition) is 0. The molecule has 2 heterocycles. The quantitative estimate of drug-likeness (QED) is 0.208. The molecule has 182 valence electrons. The number of imide groups is 1. The number of nitrogens with zero attached hydrogens (tertiary/aromatic N) is 3. The number of ether oxygens (including phenoxy) is 1. The Hall–Kier alpha value is -4.24. The third-order valence-electron chi connectivity index (χ3n) is 6.43. The first-order valence-electron chi connectivity index (χ1n) is 11.2. The number of carbonyl (C=O) groups is 3. The van der Waals surface area contributed by atoms with E-state index in [4.69, 9.17) is 16.3 Å². The number of β-lactam (4-membered cyclic amide) rings is 1. The molecule has 9 nitrogen and oxygen atoms in total. The number of nitro benzene ring substituents is 1. The SMILES string of the molecule is CCOc1ccc([C@H]2[C@H](N3C(=O)c4cccc([N+](=O)[O-])c4C3=O)C(=O)N2c2cc(Cl)ccc2C)cc1. The van der Waals surface area contributed by atoms with Gasteiger partial charge in [0.15, 0.2) is 0 Å². The maximum absolute atomic E-state index is 13.6. The highest BCUT2D eigenvalue weighted by Crippen LogP contribution is 2.46. The van der Waals surface area contributed by atoms with E-state index in [1.807, 2.05) is 13.8 Å². The molecule has 0 spiro atoms. The molecule has 0 N–H and O–H groups in total. The van der Waals surface area contributed by atoms with Crippen LogP contribution in [-0.4, -0.2) is 40.2 Å². The highest BCUT2D eigenvalue weighted by molar-refractivity contribution is 6.31. The number of nitro groups is 1. The molecule has 5 rings (SSSR count). The zero-order chi connectivity index (χ0) is 25.7. The molecule has 0 aromatic heterocycles. The Balaban J connectivity index is 1.61. The van der Waals surface area contributed by atoms with Crippen molar-refractivity contribution in [3.05, 3.63) is 98.1 Å². The van der Waals surface area contributed by atoms with E-state index in [0.717, 1.165) is 10.5 Å². The van der Waals surface area contributed by atoms with Gasteiger partial charge in [0.2, 0.25) is 0 Å². The molecule has 0 bridgehead atoms. The molecule has 36 heavy (non-hydrogen) atoms. The van der Waals surface area contributed by atoms with Crippen LogP contribution in [0.25, 0.3) is 0 Å². The standard InChI is InChI=1S/C26H20ClN3O6/c1-3-36-17-11-8-15(9-12-17)22-23(26(33)28(22)20-13-16(27)10-7-14(20)2)29-24(31)18-5-4-6-19(30(34)35)21(18)25(29)32/h4-13,22-23H,3H2,1-2H3/t22-,23-/m0/s1. The van der Waals surface area contributed by atoms with E-state index in [1.165, 1.54) is 23.1 Å². The van der Waals surface area contributed by atoms with E-state index >= 15 is 0 Å². The molecule has 0 unspecified atom stereocenters. The van der Waals surface area contributed by atoms with Crippen LogP contribution >= 0.6 is 11.6 Å². The molecule has 0 aliphatic carbocycles. The smallest absolute Gasteiger partial charge is 0.282 e. The maximum Gasteiger partial charge on any atom is 0.282 e. The Morgan fingerprint density at radius 3 is 2.36 bits per heavy atom. The molecule has 1 saturated heterocycles. The van der Waals surface area contributed by atoms with Gasteiger partial charge in [-0.05, 0) is 55.3 Å². The first kappa shape index (κ1) is 23.5. The van der Waals surface area contributed by atoms with Crippen molar-refractivity contribution in [2.24, 2.45) is 0 Å². The van der Waals surface area contributed by atoms with Gasteiger partial charge in [-0.15, -0.1) is 0 Å². The molecule has 0 radical (unpaired) electrons. The van der Waals surface area contributed by atoms with Crippen LogP contribution in [0.5, 0.6) is 5.75 Å². The molecule has 3 aromatic carbocycles. The van der Waals surface area contributed by atoms with Crippen molar-refractivity contribution in [1.29, 1.82) is 0 Å². The van der Waals surface area contributed by atoms with Gasteiger partial charge in [0.25, 0.3) is 23.4 Å². The van der Waals surface area contributed by atoms with E-state index in [2.05, 4.69) is 0 Å². The summed E-state index contributed by atoms with van der Waals surface area (Å²) in [6.45, 7) is 4.16. The van der Waals surface area contributed by atoms with Gasteiger partial charge >= 0.3 is 0 Å². The Morgan fingerprint density at radius 2 is 1.69 bits per heavy atom. The number of fused-ring (bicyclic) bond motifs is 1. The minimum absolute atomic E-state index is 0.0928. The summed E-state index contributed by atoms with van der Waals surface area (Å²) in [4.78, 5) is 53.5. The largest absolute Gasteiger partial charge is 0.494 e. The maximum atomic E-state index is 13.6. The number of amides is 3. The molecular formula is C26H20ClN3O6. The Labute approximate surface area is 211 Å². The molecule has 0 saturated carbocycles. The topological polar surface area (TPSA) is 110 Å². The van der Waals surface area contributed by atoms with E-state index in [1.54, 1.807) is 42.5 Å². The normalized spacial score (nSPS) is 18.8. The van der Waals surface area contributed by atoms with Crippen molar-refractivity contribution >= 4 is 40.7 Å². The van der Waals surface area contributed by atoms with E-state index < -0.39 is 40.4 Å². The molecule has 1 fully saturated rings. The van der Waals surface area contributed by atoms with E-state index in [0.29, 0.717) is 28.6 Å². The van der Waals surface area contributed by atoms with Crippen molar-refractivity contribution < 1.29 is 24.0 Å². The molecule has 10 heteroatoms. The van der Waals surface area contributed by atoms with E-state index in [-0.39, 0.29) is 11.1 Å². The lowest BCUT2D eigenvalue weighted by molar-refractivity contribution is -0.385. The number of carbonyl (C=O) groups excluding carboxylic acids is 3. The summed E-state index contributed by atoms with van der Waals surface area (Å²) in [6.07, 6.45) is 0. The van der Waals surface area contributed by atoms with Crippen LogP contribution in [0.2, 0.25) is 5.02 Å². The van der Waals surface area contributed by atoms with Gasteiger partial charge in [-0.25, -0.2) is 0 Å². The van der Waals surface area contributed by atoms with Gasteiger partial charge in [-0.2, -0.15) is 0 Å². The van der Waals surface area contributed by atoms with Crippen LogP contribution < -0.4 is 9.64 Å². The van der Waals surface area contributed by atoms with Crippen molar-refractivity contribution in [2.75, 3.05) is 11.5 Å². The lowest BCUT2D eigenvalue weighted by atomic mass is 9.85. The third-order valence-corrected chi connectivity index (χ3v) is 6.67. The van der Waals surface area contributed by atoms with Crippen molar-refractivity contribution in [2.45, 2.75) is 25.9 Å². The highest BCUT2D eigenvalue weighted by atomic mass is 35.5. The summed E-state index contributed by atoms with van der Waals surface area (Å²) in [6, 6.07) is 14.1. The summed E-state index contributed by atoms with van der Waals surface area (Å²) >= 11 is 6.22. The van der Waals surface area contributed by atoms with E-state index in [9.17, 15) is 24.5 Å². The van der Waals surface area contributed by atoms with Gasteiger partial charge in [-0.1, -0.05) is 35.9 Å². The average molecular weight is 506 g/mol. The molecule has 2 aliphatic rings. The summed E-state index contributed by atoms with van der Waals surface area (Å²) in [5, 5.41) is 12.0. The lowest BCUT2D eigenvalue weighted by Crippen LogP contribution is -2.67. The van der Waals surface area contributed by atoms with Gasteiger partial charge in [0.05, 0.1) is 23.1 Å². The third kappa shape index (κ3) is 3.51. The van der Waals surface area contributed by atoms with Crippen molar-refractivity contribution in [3.63, 3.8) is 0 Å². The van der Waals surface area contributed by atoms with Crippen LogP contribution in [0, 0.1) is 17.0 Å². The summed E-state index contributed by atoms with van der Waals surface area (Å²) in [7, 11) is 0. The average Bonchev–Trinajstić information content (AvgIpc) is 3.10. The molecular weight excluding hydrogens is 486 g/mol. The summed E-state index contributed by atoms with van der Waals surface area (Å²) in [5.41, 5.74) is 1.12. The van der Waals surface area contributed by atoms with Crippen molar-refractivity contribution in [1.82, 2.24) is 4.90 Å². The molecule has 2 aliphatic heterocycles. The fourth-order valence-electron chi connectivity index (χ4n) is 4.79. The number of halogens is 1. The highest BCUT2D eigenvalue weighted by Gasteiger charge is 2.58. The fourth-order valence-corrected chi connectivity index (χ4v) is 4.95. The number of hydrogen-bond acceptors (Lipinski definition) is 6. The Bertz CT molecular complexity index is 1440. The van der Waals surface area contributed by atoms with Gasteiger partial charge in [0, 0.05) is 16.8 Å². The van der Waals surface area contributed by atoms with Crippen LogP contribution in [0.4, 0.5) is 11.4 Å². The van der Waals surface area contributed by atoms with Gasteiger partial charge in [-0.3, -0.25) is 29.4 Å². The van der Waals surface area contributed by atoms with Crippen molar-refractivity contribution in [3.8, 4) is 5.75 Å². The zero-order valence-electron chi connectivity index (χ0n) is 19.3. The first-order chi connectivity index (χ1) is 17.2. The first-order valence-corrected chi connectivity index (χ1v) is 11.6. The number of aryl methyl sites for hydroxylation is 1. The Morgan fingerprint density at radius 1 is 0.972 bits per heavy atom. The number of anilines is 1. The second-order valence-corrected chi connectivity index (χ2v) is 8.90. The van der Waals surface area contributed by atoms with Crippen LogP contribution in [0.3, 0.4) is 0 Å². The summed E-state index contributed by atoms with van der Waals surface area (Å²) < 4.78 is 5.52. The van der Waals surface area contributed by atoms with Gasteiger partial charge < -0.3 is 9.64 Å². The predicted molar refractivity (Wildman–Crippen MR) is 131 cm³/mol.